The zero-order chi connectivity index (χ0) is 18.1. The van der Waals surface area contributed by atoms with Gasteiger partial charge in [0.2, 0.25) is 5.88 Å². The number of ketones is 1. The molecule has 4 rings (SSSR count). The van der Waals surface area contributed by atoms with E-state index in [0.717, 1.165) is 11.1 Å². The molecule has 2 aromatic rings. The molecule has 1 aliphatic carbocycles. The van der Waals surface area contributed by atoms with Crippen LogP contribution in [0, 0.1) is 11.3 Å². The molecular weight excluding hydrogens is 324 g/mol. The van der Waals surface area contributed by atoms with E-state index in [1.807, 2.05) is 60.7 Å². The van der Waals surface area contributed by atoms with E-state index in [9.17, 15) is 10.1 Å². The van der Waals surface area contributed by atoms with E-state index in [1.54, 1.807) is 0 Å². The first-order valence-electron chi connectivity index (χ1n) is 8.62. The Balaban J connectivity index is 1.79. The quantitative estimate of drug-likeness (QED) is 0.898. The highest BCUT2D eigenvalue weighted by Gasteiger charge is 2.40. The van der Waals surface area contributed by atoms with Gasteiger partial charge in [-0.2, -0.15) is 5.26 Å². The number of nitrogens with zero attached hydrogens (tertiary/aromatic N) is 1. The highest BCUT2D eigenvalue weighted by Crippen LogP contribution is 2.46. The van der Waals surface area contributed by atoms with Gasteiger partial charge >= 0.3 is 0 Å². The van der Waals surface area contributed by atoms with Crippen LogP contribution >= 0.6 is 0 Å². The molecule has 4 heteroatoms. The third-order valence-electron chi connectivity index (χ3n) is 5.06. The van der Waals surface area contributed by atoms with Gasteiger partial charge in [0, 0.05) is 18.4 Å². The largest absolute Gasteiger partial charge is 0.444 e. The van der Waals surface area contributed by atoms with E-state index in [2.05, 4.69) is 6.07 Å². The van der Waals surface area contributed by atoms with Crippen molar-refractivity contribution in [1.29, 1.82) is 5.26 Å². The lowest BCUT2D eigenvalue weighted by Gasteiger charge is -2.34. The van der Waals surface area contributed by atoms with E-state index in [1.165, 1.54) is 0 Å². The Bertz CT molecular complexity index is 953. The third kappa shape index (κ3) is 2.68. The summed E-state index contributed by atoms with van der Waals surface area (Å²) < 4.78 is 5.76. The van der Waals surface area contributed by atoms with Crippen molar-refractivity contribution in [3.05, 3.63) is 94.6 Å². The number of nitriles is 1. The summed E-state index contributed by atoms with van der Waals surface area (Å²) in [5.41, 5.74) is 8.92. The van der Waals surface area contributed by atoms with Crippen molar-refractivity contribution in [3.8, 4) is 6.07 Å². The van der Waals surface area contributed by atoms with Gasteiger partial charge in [0.05, 0.1) is 5.92 Å². The number of nitrogens with two attached hydrogens (primary N) is 1. The molecule has 2 aromatic carbocycles. The van der Waals surface area contributed by atoms with Crippen LogP contribution in [0.1, 0.15) is 35.8 Å². The average Bonchev–Trinajstić information content (AvgIpc) is 2.68. The van der Waals surface area contributed by atoms with Crippen molar-refractivity contribution in [2.24, 2.45) is 5.73 Å². The summed E-state index contributed by atoms with van der Waals surface area (Å²) in [6.45, 7) is 0. The molecule has 0 bridgehead atoms. The Morgan fingerprint density at radius 1 is 0.962 bits per heavy atom. The topological polar surface area (TPSA) is 76.1 Å². The van der Waals surface area contributed by atoms with Gasteiger partial charge < -0.3 is 10.5 Å². The minimum Gasteiger partial charge on any atom is -0.444 e. The average molecular weight is 342 g/mol. The molecule has 0 saturated carbocycles. The van der Waals surface area contributed by atoms with E-state index >= 15 is 0 Å². The van der Waals surface area contributed by atoms with Gasteiger partial charge in [-0.05, 0) is 17.0 Å². The van der Waals surface area contributed by atoms with E-state index in [-0.39, 0.29) is 17.6 Å². The Labute approximate surface area is 152 Å². The number of allylic oxidation sites excluding steroid dienone is 3. The summed E-state index contributed by atoms with van der Waals surface area (Å²) in [6, 6.07) is 21.6. The Hall–Kier alpha value is -3.32. The van der Waals surface area contributed by atoms with Gasteiger partial charge in [-0.3, -0.25) is 4.79 Å². The van der Waals surface area contributed by atoms with Crippen LogP contribution in [0.15, 0.2) is 83.5 Å². The van der Waals surface area contributed by atoms with Crippen molar-refractivity contribution in [3.63, 3.8) is 0 Å². The van der Waals surface area contributed by atoms with Crippen molar-refractivity contribution in [1.82, 2.24) is 0 Å². The fourth-order valence-electron chi connectivity index (χ4n) is 3.85. The molecule has 1 aliphatic heterocycles. The highest BCUT2D eigenvalue weighted by atomic mass is 16.5. The normalized spacial score (nSPS) is 22.5. The van der Waals surface area contributed by atoms with Gasteiger partial charge in [-0.15, -0.1) is 0 Å². The van der Waals surface area contributed by atoms with Crippen LogP contribution in [0.3, 0.4) is 0 Å². The number of Topliss-reactive ketones (excluding diaryl/α,β-unsaturated/α-hetero) is 1. The van der Waals surface area contributed by atoms with Gasteiger partial charge in [0.25, 0.3) is 0 Å². The fourth-order valence-corrected chi connectivity index (χ4v) is 3.85. The smallest absolute Gasteiger partial charge is 0.205 e. The maximum atomic E-state index is 13.1. The summed E-state index contributed by atoms with van der Waals surface area (Å²) in [7, 11) is 0. The predicted molar refractivity (Wildman–Crippen MR) is 97.5 cm³/mol. The number of carbonyl (C=O) groups excluding carboxylic acids is 1. The number of carbonyl (C=O) groups is 1. The number of rotatable bonds is 2. The Morgan fingerprint density at radius 3 is 2.19 bits per heavy atom. The second-order valence-electron chi connectivity index (χ2n) is 6.61. The molecule has 0 unspecified atom stereocenters. The zero-order valence-corrected chi connectivity index (χ0v) is 14.2. The van der Waals surface area contributed by atoms with Crippen molar-refractivity contribution < 1.29 is 9.53 Å². The summed E-state index contributed by atoms with van der Waals surface area (Å²) in [5, 5.41) is 9.60. The molecule has 2 aliphatic rings. The van der Waals surface area contributed by atoms with Crippen molar-refractivity contribution in [2.75, 3.05) is 0 Å². The van der Waals surface area contributed by atoms with E-state index in [4.69, 9.17) is 10.5 Å². The first-order chi connectivity index (χ1) is 12.7. The van der Waals surface area contributed by atoms with Crippen LogP contribution in [0.4, 0.5) is 0 Å². The van der Waals surface area contributed by atoms with E-state index in [0.29, 0.717) is 29.7 Å². The molecule has 0 saturated heterocycles. The number of hydrogen-bond donors (Lipinski definition) is 1. The molecular formula is C22H18N2O2. The van der Waals surface area contributed by atoms with Crippen LogP contribution in [0.2, 0.25) is 0 Å². The van der Waals surface area contributed by atoms with Crippen molar-refractivity contribution >= 4 is 5.78 Å². The molecule has 0 spiro atoms. The molecule has 2 atom stereocenters. The molecule has 0 aromatic heterocycles. The zero-order valence-electron chi connectivity index (χ0n) is 14.2. The molecule has 2 N–H and O–H groups in total. The number of benzene rings is 2. The second kappa shape index (κ2) is 6.53. The summed E-state index contributed by atoms with van der Waals surface area (Å²) in [5.74, 6) is 0.334. The van der Waals surface area contributed by atoms with Gasteiger partial charge in [-0.25, -0.2) is 0 Å². The Morgan fingerprint density at radius 2 is 1.58 bits per heavy atom. The monoisotopic (exact) mass is 342 g/mol. The molecule has 0 amide bonds. The number of hydrogen-bond acceptors (Lipinski definition) is 4. The van der Waals surface area contributed by atoms with Crippen LogP contribution in [0.5, 0.6) is 0 Å². The molecule has 0 fully saturated rings. The van der Waals surface area contributed by atoms with Crippen LogP contribution in [-0.2, 0) is 9.53 Å². The fraction of sp³-hybridized carbons (Fsp3) is 0.182. The highest BCUT2D eigenvalue weighted by molar-refractivity contribution is 6.00. The first kappa shape index (κ1) is 16.2. The predicted octanol–water partition coefficient (Wildman–Crippen LogP) is 3.90. The lowest BCUT2D eigenvalue weighted by atomic mass is 9.74. The summed E-state index contributed by atoms with van der Waals surface area (Å²) >= 11 is 0. The molecule has 1 heterocycles. The Kier molecular flexibility index (Phi) is 4.06. The van der Waals surface area contributed by atoms with Crippen LogP contribution in [0.25, 0.3) is 0 Å². The summed E-state index contributed by atoms with van der Waals surface area (Å²) in [4.78, 5) is 13.1. The molecule has 26 heavy (non-hydrogen) atoms. The standard InChI is InChI=1S/C22H18N2O2/c23-13-17-20(15-9-5-2-6-10-15)21-18(25)11-16(12-19(21)26-22(17)24)14-7-3-1-4-8-14/h1-10,16,20H,11-12,24H2/t16-,20-/m0/s1. The maximum Gasteiger partial charge on any atom is 0.205 e. The lowest BCUT2D eigenvalue weighted by Crippen LogP contribution is -2.29. The minimum atomic E-state index is -0.450. The van der Waals surface area contributed by atoms with Crippen molar-refractivity contribution in [2.45, 2.75) is 24.7 Å². The van der Waals surface area contributed by atoms with Gasteiger partial charge in [0.15, 0.2) is 5.78 Å². The molecule has 0 radical (unpaired) electrons. The first-order valence-corrected chi connectivity index (χ1v) is 8.62. The van der Waals surface area contributed by atoms with Crippen LogP contribution in [-0.4, -0.2) is 5.78 Å². The second-order valence-corrected chi connectivity index (χ2v) is 6.61. The summed E-state index contributed by atoms with van der Waals surface area (Å²) in [6.07, 6.45) is 1.02. The van der Waals surface area contributed by atoms with Gasteiger partial charge in [0.1, 0.15) is 17.4 Å². The van der Waals surface area contributed by atoms with Gasteiger partial charge in [-0.1, -0.05) is 60.7 Å². The maximum absolute atomic E-state index is 13.1. The number of ether oxygens (including phenoxy) is 1. The van der Waals surface area contributed by atoms with Crippen LogP contribution < -0.4 is 5.73 Å². The molecule has 4 nitrogen and oxygen atoms in total. The lowest BCUT2D eigenvalue weighted by molar-refractivity contribution is -0.117. The molecule has 128 valence electrons. The SMILES string of the molecule is N#CC1=C(N)OC2=C(C(=O)C[C@H](c3ccccc3)C2)[C@H]1c1ccccc1. The third-order valence-corrected chi connectivity index (χ3v) is 5.06. The minimum absolute atomic E-state index is 0.0224. The van der Waals surface area contributed by atoms with E-state index < -0.39 is 5.92 Å².